The van der Waals surface area contributed by atoms with Gasteiger partial charge in [-0.05, 0) is 33.7 Å². The van der Waals surface area contributed by atoms with E-state index in [0.29, 0.717) is 6.04 Å². The lowest BCUT2D eigenvalue weighted by atomic mass is 10.3. The number of hydrogen-bond acceptors (Lipinski definition) is 4. The van der Waals surface area contributed by atoms with Crippen LogP contribution in [0, 0.1) is 13.8 Å². The first-order valence-corrected chi connectivity index (χ1v) is 7.14. The Morgan fingerprint density at radius 3 is 2.43 bits per heavy atom. The maximum Gasteiger partial charge on any atom is 0.238 e. The molecule has 2 N–H and O–H groups in total. The molecule has 1 saturated carbocycles. The fraction of sp³-hybridized carbons (Fsp3) is 0.643. The molecular formula is C14H23N5O2. The van der Waals surface area contributed by atoms with E-state index in [0.717, 1.165) is 29.9 Å². The van der Waals surface area contributed by atoms with E-state index in [1.807, 2.05) is 20.9 Å². The van der Waals surface area contributed by atoms with Crippen molar-refractivity contribution in [2.45, 2.75) is 32.7 Å². The van der Waals surface area contributed by atoms with E-state index in [4.69, 9.17) is 0 Å². The standard InChI is InChI=1S/C14H23N5O2/c1-9-14(10(2)19(4)17-9)16-13(21)8-18(3)7-12(20)15-11-5-6-11/h11H,5-8H2,1-4H3,(H,15,20)(H,16,21). The Kier molecular flexibility index (Phi) is 4.62. The average molecular weight is 293 g/mol. The molecule has 0 bridgehead atoms. The number of carbonyl (C=O) groups is 2. The van der Waals surface area contributed by atoms with E-state index in [9.17, 15) is 9.59 Å². The SMILES string of the molecule is Cc1nn(C)c(C)c1NC(=O)CN(C)CC(=O)NC1CC1. The molecule has 7 nitrogen and oxygen atoms in total. The highest BCUT2D eigenvalue weighted by Crippen LogP contribution is 2.19. The van der Waals surface area contributed by atoms with Gasteiger partial charge in [0, 0.05) is 13.1 Å². The van der Waals surface area contributed by atoms with Crippen molar-refractivity contribution in [2.75, 3.05) is 25.5 Å². The summed E-state index contributed by atoms with van der Waals surface area (Å²) in [5.74, 6) is -0.169. The number of aromatic nitrogens is 2. The van der Waals surface area contributed by atoms with Crippen LogP contribution in [0.5, 0.6) is 0 Å². The van der Waals surface area contributed by atoms with Crippen LogP contribution in [0.25, 0.3) is 0 Å². The number of likely N-dealkylation sites (N-methyl/N-ethyl adjacent to an activating group) is 1. The Hall–Kier alpha value is -1.89. The number of hydrogen-bond donors (Lipinski definition) is 2. The molecule has 1 aliphatic carbocycles. The molecule has 0 unspecified atom stereocenters. The highest BCUT2D eigenvalue weighted by molar-refractivity contribution is 5.93. The van der Waals surface area contributed by atoms with Gasteiger partial charge in [-0.15, -0.1) is 0 Å². The van der Waals surface area contributed by atoms with Crippen molar-refractivity contribution in [3.05, 3.63) is 11.4 Å². The summed E-state index contributed by atoms with van der Waals surface area (Å²) in [5, 5.41) is 10.0. The number of aryl methyl sites for hydroxylation is 2. The molecule has 2 rings (SSSR count). The summed E-state index contributed by atoms with van der Waals surface area (Å²) in [7, 11) is 3.60. The van der Waals surface area contributed by atoms with Crippen molar-refractivity contribution in [1.82, 2.24) is 20.0 Å². The Labute approximate surface area is 124 Å². The van der Waals surface area contributed by atoms with Crippen molar-refractivity contribution < 1.29 is 9.59 Å². The number of anilines is 1. The van der Waals surface area contributed by atoms with Crippen molar-refractivity contribution in [2.24, 2.45) is 7.05 Å². The summed E-state index contributed by atoms with van der Waals surface area (Å²) in [6.45, 7) is 4.17. The smallest absolute Gasteiger partial charge is 0.238 e. The molecule has 1 heterocycles. The molecule has 1 aromatic rings. The minimum Gasteiger partial charge on any atom is -0.352 e. The second kappa shape index (κ2) is 6.26. The second-order valence-corrected chi connectivity index (χ2v) is 5.73. The number of amides is 2. The van der Waals surface area contributed by atoms with Gasteiger partial charge >= 0.3 is 0 Å². The zero-order chi connectivity index (χ0) is 15.6. The molecule has 1 aliphatic rings. The number of carbonyl (C=O) groups excluding carboxylic acids is 2. The zero-order valence-electron chi connectivity index (χ0n) is 13.1. The number of nitrogens with zero attached hydrogens (tertiary/aromatic N) is 3. The summed E-state index contributed by atoms with van der Waals surface area (Å²) >= 11 is 0. The lowest BCUT2D eigenvalue weighted by molar-refractivity contribution is -0.123. The van der Waals surface area contributed by atoms with Gasteiger partial charge in [0.25, 0.3) is 0 Å². The molecule has 0 spiro atoms. The van der Waals surface area contributed by atoms with Crippen LogP contribution in [0.2, 0.25) is 0 Å². The van der Waals surface area contributed by atoms with Gasteiger partial charge in [0.05, 0.1) is 30.2 Å². The minimum absolute atomic E-state index is 0.0264. The Bertz CT molecular complexity index is 548. The molecule has 1 aromatic heterocycles. The van der Waals surface area contributed by atoms with Gasteiger partial charge in [-0.2, -0.15) is 5.10 Å². The van der Waals surface area contributed by atoms with Crippen LogP contribution in [0.4, 0.5) is 5.69 Å². The molecule has 7 heteroatoms. The first-order chi connectivity index (χ1) is 9.86. The summed E-state index contributed by atoms with van der Waals surface area (Å²) < 4.78 is 1.73. The third-order valence-electron chi connectivity index (χ3n) is 3.54. The van der Waals surface area contributed by atoms with E-state index < -0.39 is 0 Å². The summed E-state index contributed by atoms with van der Waals surface area (Å²) in [4.78, 5) is 25.4. The second-order valence-electron chi connectivity index (χ2n) is 5.73. The van der Waals surface area contributed by atoms with E-state index in [1.165, 1.54) is 0 Å². The molecule has 0 atom stereocenters. The molecule has 0 radical (unpaired) electrons. The maximum absolute atomic E-state index is 12.0. The summed E-state index contributed by atoms with van der Waals surface area (Å²) in [6, 6.07) is 0.348. The van der Waals surface area contributed by atoms with Crippen molar-refractivity contribution in [1.29, 1.82) is 0 Å². The van der Waals surface area contributed by atoms with Gasteiger partial charge in [-0.1, -0.05) is 0 Å². The van der Waals surface area contributed by atoms with Crippen LogP contribution in [0.1, 0.15) is 24.2 Å². The van der Waals surface area contributed by atoms with Crippen molar-refractivity contribution in [3.8, 4) is 0 Å². The number of rotatable bonds is 6. The van der Waals surface area contributed by atoms with E-state index in [2.05, 4.69) is 15.7 Å². The third kappa shape index (κ3) is 4.29. The predicted molar refractivity (Wildman–Crippen MR) is 80.0 cm³/mol. The Morgan fingerprint density at radius 1 is 1.29 bits per heavy atom. The topological polar surface area (TPSA) is 79.3 Å². The van der Waals surface area contributed by atoms with Gasteiger partial charge in [-0.25, -0.2) is 0 Å². The van der Waals surface area contributed by atoms with Gasteiger partial charge in [0.15, 0.2) is 0 Å². The summed E-state index contributed by atoms with van der Waals surface area (Å²) in [5.41, 5.74) is 2.45. The molecule has 21 heavy (non-hydrogen) atoms. The third-order valence-corrected chi connectivity index (χ3v) is 3.54. The average Bonchev–Trinajstić information content (AvgIpc) is 3.13. The van der Waals surface area contributed by atoms with E-state index in [1.54, 1.807) is 16.6 Å². The fourth-order valence-electron chi connectivity index (χ4n) is 2.18. The molecular weight excluding hydrogens is 270 g/mol. The van der Waals surface area contributed by atoms with Crippen LogP contribution in [-0.4, -0.2) is 52.7 Å². The zero-order valence-corrected chi connectivity index (χ0v) is 13.1. The predicted octanol–water partition coefficient (Wildman–Crippen LogP) is 0.186. The molecule has 1 fully saturated rings. The number of nitrogens with one attached hydrogen (secondary N) is 2. The van der Waals surface area contributed by atoms with Crippen molar-refractivity contribution >= 4 is 17.5 Å². The first-order valence-electron chi connectivity index (χ1n) is 7.14. The largest absolute Gasteiger partial charge is 0.352 e. The molecule has 116 valence electrons. The normalized spacial score (nSPS) is 14.3. The van der Waals surface area contributed by atoms with Crippen LogP contribution in [0.3, 0.4) is 0 Å². The lowest BCUT2D eigenvalue weighted by Crippen LogP contribution is -2.39. The van der Waals surface area contributed by atoms with Crippen LogP contribution < -0.4 is 10.6 Å². The van der Waals surface area contributed by atoms with Gasteiger partial charge in [-0.3, -0.25) is 19.2 Å². The summed E-state index contributed by atoms with van der Waals surface area (Å²) in [6.07, 6.45) is 2.13. The first kappa shape index (κ1) is 15.5. The molecule has 0 aliphatic heterocycles. The van der Waals surface area contributed by atoms with Crippen molar-refractivity contribution in [3.63, 3.8) is 0 Å². The fourth-order valence-corrected chi connectivity index (χ4v) is 2.18. The highest BCUT2D eigenvalue weighted by Gasteiger charge is 2.24. The monoisotopic (exact) mass is 293 g/mol. The van der Waals surface area contributed by atoms with Gasteiger partial charge in [0.2, 0.25) is 11.8 Å². The lowest BCUT2D eigenvalue weighted by Gasteiger charge is -2.16. The molecule has 0 saturated heterocycles. The van der Waals surface area contributed by atoms with Gasteiger partial charge < -0.3 is 10.6 Å². The minimum atomic E-state index is -0.143. The van der Waals surface area contributed by atoms with Crippen LogP contribution in [-0.2, 0) is 16.6 Å². The highest BCUT2D eigenvalue weighted by atomic mass is 16.2. The quantitative estimate of drug-likeness (QED) is 0.784. The van der Waals surface area contributed by atoms with Gasteiger partial charge in [0.1, 0.15) is 0 Å². The Balaban J connectivity index is 1.81. The Morgan fingerprint density at radius 2 is 1.90 bits per heavy atom. The van der Waals surface area contributed by atoms with Crippen LogP contribution in [0.15, 0.2) is 0 Å². The van der Waals surface area contributed by atoms with E-state index in [-0.39, 0.29) is 24.9 Å². The maximum atomic E-state index is 12.0. The molecule has 2 amide bonds. The van der Waals surface area contributed by atoms with E-state index >= 15 is 0 Å². The van der Waals surface area contributed by atoms with Crippen LogP contribution >= 0.6 is 0 Å². The molecule has 0 aromatic carbocycles.